The summed E-state index contributed by atoms with van der Waals surface area (Å²) in [4.78, 5) is 11.1. The number of carbonyl (C=O) groups excluding carboxylic acids is 1. The predicted molar refractivity (Wildman–Crippen MR) is 72.1 cm³/mol. The molecule has 98 valence electrons. The Morgan fingerprint density at radius 3 is 2.47 bits per heavy atom. The van der Waals surface area contributed by atoms with Gasteiger partial charge >= 0.3 is 5.97 Å². The average Bonchev–Trinajstić information content (AvgIpc) is 2.70. The Morgan fingerprint density at radius 2 is 2.00 bits per heavy atom. The van der Waals surface area contributed by atoms with Crippen LogP contribution < -0.4 is 0 Å². The number of ether oxygens (including phenoxy) is 1. The van der Waals surface area contributed by atoms with Crippen molar-refractivity contribution in [3.63, 3.8) is 0 Å². The smallest absolute Gasteiger partial charge is 0.306 e. The summed E-state index contributed by atoms with van der Waals surface area (Å²) in [5.74, 6) is 2.57. The molecule has 0 radical (unpaired) electrons. The molecule has 2 bridgehead atoms. The molecule has 0 spiro atoms. The van der Waals surface area contributed by atoms with E-state index in [2.05, 4.69) is 20.8 Å². The van der Waals surface area contributed by atoms with E-state index in [0.717, 1.165) is 17.6 Å². The lowest BCUT2D eigenvalue weighted by Crippen LogP contribution is -2.35. The molecule has 3 unspecified atom stereocenters. The summed E-state index contributed by atoms with van der Waals surface area (Å²) in [5.41, 5.74) is 0.549. The second kappa shape index (κ2) is 4.49. The van der Waals surface area contributed by atoms with Gasteiger partial charge < -0.3 is 4.74 Å². The van der Waals surface area contributed by atoms with Gasteiger partial charge in [-0.05, 0) is 36.5 Å². The van der Waals surface area contributed by atoms with Gasteiger partial charge in [0.25, 0.3) is 0 Å². The van der Waals surface area contributed by atoms with Crippen molar-refractivity contribution in [2.75, 3.05) is 12.9 Å². The number of rotatable bonds is 4. The van der Waals surface area contributed by atoms with Crippen molar-refractivity contribution in [3.8, 4) is 0 Å². The number of carbonyl (C=O) groups is 1. The number of thioether (sulfide) groups is 1. The fourth-order valence-corrected chi connectivity index (χ4v) is 5.14. The van der Waals surface area contributed by atoms with Gasteiger partial charge in [0.1, 0.15) is 0 Å². The molecule has 0 aromatic rings. The molecule has 0 N–H and O–H groups in total. The number of hydrogen-bond acceptors (Lipinski definition) is 3. The Balaban J connectivity index is 1.85. The first kappa shape index (κ1) is 13.3. The molecule has 3 atom stereocenters. The number of esters is 1. The summed E-state index contributed by atoms with van der Waals surface area (Å²) < 4.78 is 5.10. The monoisotopic (exact) mass is 256 g/mol. The summed E-state index contributed by atoms with van der Waals surface area (Å²) in [7, 11) is 1.47. The van der Waals surface area contributed by atoms with Gasteiger partial charge in [0, 0.05) is 10.5 Å². The van der Waals surface area contributed by atoms with Gasteiger partial charge in [0.15, 0.2) is 0 Å². The van der Waals surface area contributed by atoms with E-state index in [4.69, 9.17) is 4.74 Å². The summed E-state index contributed by atoms with van der Waals surface area (Å²) in [5, 5.41) is 0. The van der Waals surface area contributed by atoms with Crippen molar-refractivity contribution < 1.29 is 9.53 Å². The van der Waals surface area contributed by atoms with E-state index in [1.54, 1.807) is 0 Å². The van der Waals surface area contributed by atoms with Crippen molar-refractivity contribution in [1.82, 2.24) is 0 Å². The normalized spacial score (nSPS) is 38.4. The third-order valence-corrected chi connectivity index (χ3v) is 6.50. The SMILES string of the molecule is COC(=O)CCSC1(C)CC2CC1CC2(C)C. The van der Waals surface area contributed by atoms with Gasteiger partial charge in [-0.25, -0.2) is 0 Å². The highest BCUT2D eigenvalue weighted by Gasteiger charge is 2.55. The Bertz CT molecular complexity index is 313. The van der Waals surface area contributed by atoms with Crippen molar-refractivity contribution in [3.05, 3.63) is 0 Å². The molecule has 3 heteroatoms. The molecular weight excluding hydrogens is 232 g/mol. The van der Waals surface area contributed by atoms with Crippen LogP contribution in [-0.2, 0) is 9.53 Å². The Hall–Kier alpha value is -0.180. The van der Waals surface area contributed by atoms with Crippen LogP contribution in [0.2, 0.25) is 0 Å². The van der Waals surface area contributed by atoms with E-state index in [-0.39, 0.29) is 5.97 Å². The maximum absolute atomic E-state index is 11.1. The molecule has 0 amide bonds. The van der Waals surface area contributed by atoms with Gasteiger partial charge in [-0.1, -0.05) is 20.8 Å². The standard InChI is InChI=1S/C14H24O2S/c1-13(2)8-11-7-10(13)9-14(11,3)17-6-5-12(15)16-4/h10-11H,5-9H2,1-4H3. The average molecular weight is 256 g/mol. The maximum atomic E-state index is 11.1. The van der Waals surface area contributed by atoms with Gasteiger partial charge in [-0.3, -0.25) is 4.79 Å². The van der Waals surface area contributed by atoms with Crippen molar-refractivity contribution in [2.24, 2.45) is 17.3 Å². The molecule has 0 aliphatic heterocycles. The molecule has 0 saturated heterocycles. The van der Waals surface area contributed by atoms with Crippen LogP contribution in [-0.4, -0.2) is 23.6 Å². The third-order valence-electron chi connectivity index (χ3n) is 4.93. The Kier molecular flexibility index (Phi) is 3.50. The first-order valence-corrected chi connectivity index (χ1v) is 7.57. The Morgan fingerprint density at radius 1 is 1.29 bits per heavy atom. The number of methoxy groups -OCH3 is 1. The van der Waals surface area contributed by atoms with Crippen molar-refractivity contribution >= 4 is 17.7 Å². The molecule has 2 fully saturated rings. The van der Waals surface area contributed by atoms with Crippen LogP contribution in [0.4, 0.5) is 0 Å². The number of fused-ring (bicyclic) bond motifs is 2. The van der Waals surface area contributed by atoms with Crippen LogP contribution in [0.15, 0.2) is 0 Å². The summed E-state index contributed by atoms with van der Waals surface area (Å²) in [6.07, 6.45) is 4.64. The van der Waals surface area contributed by atoms with E-state index in [9.17, 15) is 4.79 Å². The van der Waals surface area contributed by atoms with E-state index in [1.165, 1.54) is 26.4 Å². The largest absolute Gasteiger partial charge is 0.469 e. The minimum absolute atomic E-state index is 0.0791. The molecule has 2 nitrogen and oxygen atoms in total. The quantitative estimate of drug-likeness (QED) is 0.720. The summed E-state index contributed by atoms with van der Waals surface area (Å²) in [6, 6.07) is 0. The lowest BCUT2D eigenvalue weighted by molar-refractivity contribution is -0.140. The van der Waals surface area contributed by atoms with Gasteiger partial charge in [0.2, 0.25) is 0 Å². The van der Waals surface area contributed by atoms with Gasteiger partial charge in [-0.15, -0.1) is 0 Å². The number of hydrogen-bond donors (Lipinski definition) is 0. The van der Waals surface area contributed by atoms with Crippen LogP contribution in [0.1, 0.15) is 46.5 Å². The summed E-state index contributed by atoms with van der Waals surface area (Å²) in [6.45, 7) is 7.22. The molecule has 0 heterocycles. The minimum Gasteiger partial charge on any atom is -0.469 e. The lowest BCUT2D eigenvalue weighted by Gasteiger charge is -2.40. The van der Waals surface area contributed by atoms with Crippen LogP contribution in [0.3, 0.4) is 0 Å². The van der Waals surface area contributed by atoms with Crippen LogP contribution in [0.5, 0.6) is 0 Å². The molecule has 2 aliphatic rings. The van der Waals surface area contributed by atoms with E-state index in [1.807, 2.05) is 11.8 Å². The molecule has 2 aliphatic carbocycles. The van der Waals surface area contributed by atoms with E-state index >= 15 is 0 Å². The fraction of sp³-hybridized carbons (Fsp3) is 0.929. The molecule has 0 aromatic heterocycles. The Labute approximate surface area is 109 Å². The first-order valence-electron chi connectivity index (χ1n) is 6.58. The first-order chi connectivity index (χ1) is 7.87. The topological polar surface area (TPSA) is 26.3 Å². The zero-order chi connectivity index (χ0) is 12.7. The molecular formula is C14H24O2S. The zero-order valence-electron chi connectivity index (χ0n) is 11.4. The maximum Gasteiger partial charge on any atom is 0.306 e. The highest BCUT2D eigenvalue weighted by atomic mass is 32.2. The van der Waals surface area contributed by atoms with Crippen LogP contribution in [0, 0.1) is 17.3 Å². The zero-order valence-corrected chi connectivity index (χ0v) is 12.2. The molecule has 2 rings (SSSR count). The van der Waals surface area contributed by atoms with E-state index in [0.29, 0.717) is 16.6 Å². The molecule has 0 aromatic carbocycles. The van der Waals surface area contributed by atoms with Gasteiger partial charge in [0.05, 0.1) is 13.5 Å². The lowest BCUT2D eigenvalue weighted by atomic mass is 9.73. The molecule has 2 saturated carbocycles. The van der Waals surface area contributed by atoms with Crippen molar-refractivity contribution in [1.29, 1.82) is 0 Å². The molecule has 17 heavy (non-hydrogen) atoms. The second-order valence-electron chi connectivity index (χ2n) is 6.51. The third kappa shape index (κ3) is 2.49. The predicted octanol–water partition coefficient (Wildman–Crippen LogP) is 3.50. The van der Waals surface area contributed by atoms with E-state index < -0.39 is 0 Å². The second-order valence-corrected chi connectivity index (χ2v) is 8.14. The van der Waals surface area contributed by atoms with Gasteiger partial charge in [-0.2, -0.15) is 11.8 Å². The summed E-state index contributed by atoms with van der Waals surface area (Å²) >= 11 is 1.99. The minimum atomic E-state index is -0.0791. The van der Waals surface area contributed by atoms with Crippen LogP contribution in [0.25, 0.3) is 0 Å². The highest BCUT2D eigenvalue weighted by molar-refractivity contribution is 8.00. The van der Waals surface area contributed by atoms with Crippen molar-refractivity contribution in [2.45, 2.75) is 51.2 Å². The fourth-order valence-electron chi connectivity index (χ4n) is 3.67. The van der Waals surface area contributed by atoms with Crippen LogP contribution >= 0.6 is 11.8 Å². The highest BCUT2D eigenvalue weighted by Crippen LogP contribution is 2.63.